The van der Waals surface area contributed by atoms with E-state index in [9.17, 15) is 4.79 Å². The van der Waals surface area contributed by atoms with Crippen molar-refractivity contribution in [1.29, 1.82) is 0 Å². The summed E-state index contributed by atoms with van der Waals surface area (Å²) in [6.45, 7) is 2.07. The summed E-state index contributed by atoms with van der Waals surface area (Å²) in [5, 5.41) is 0. The van der Waals surface area contributed by atoms with Gasteiger partial charge in [-0.25, -0.2) is 0 Å². The van der Waals surface area contributed by atoms with E-state index >= 15 is 0 Å². The van der Waals surface area contributed by atoms with E-state index in [2.05, 4.69) is 19.1 Å². The van der Waals surface area contributed by atoms with E-state index in [1.54, 1.807) is 0 Å². The van der Waals surface area contributed by atoms with Crippen molar-refractivity contribution in [1.82, 2.24) is 0 Å². The van der Waals surface area contributed by atoms with Crippen molar-refractivity contribution in [3.63, 3.8) is 0 Å². The molecule has 1 aromatic carbocycles. The lowest BCUT2D eigenvalue weighted by Crippen LogP contribution is -2.06. The van der Waals surface area contributed by atoms with E-state index in [0.29, 0.717) is 12.3 Å². The van der Waals surface area contributed by atoms with Crippen LogP contribution in [0.3, 0.4) is 0 Å². The Kier molecular flexibility index (Phi) is 2.82. The summed E-state index contributed by atoms with van der Waals surface area (Å²) in [5.41, 5.74) is 2.09. The van der Waals surface area contributed by atoms with E-state index in [1.807, 2.05) is 36.4 Å². The van der Waals surface area contributed by atoms with E-state index in [4.69, 9.17) is 0 Å². The van der Waals surface area contributed by atoms with Gasteiger partial charge in [-0.3, -0.25) is 4.79 Å². The minimum atomic E-state index is 0.222. The zero-order valence-electron chi connectivity index (χ0n) is 8.81. The summed E-state index contributed by atoms with van der Waals surface area (Å²) in [6.07, 6.45) is 6.78. The molecule has 0 spiro atoms. The fraction of sp³-hybridized carbons (Fsp3) is 0.214. The second-order valence-corrected chi connectivity index (χ2v) is 3.90. The highest BCUT2D eigenvalue weighted by molar-refractivity contribution is 5.96. The first-order chi connectivity index (χ1) is 7.27. The molecule has 1 aromatic rings. The number of carbonyl (C=O) groups excluding carboxylic acids is 1. The van der Waals surface area contributed by atoms with Gasteiger partial charge in [-0.05, 0) is 6.92 Å². The molecule has 1 nitrogen and oxygen atoms in total. The maximum atomic E-state index is 11.9. The Morgan fingerprint density at radius 2 is 2.00 bits per heavy atom. The summed E-state index contributed by atoms with van der Waals surface area (Å²) in [6, 6.07) is 9.48. The third kappa shape index (κ3) is 2.24. The largest absolute Gasteiger partial charge is 0.294 e. The monoisotopic (exact) mass is 198 g/mol. The standard InChI is InChI=1S/C14H14O/c1-11-6-5-9-13(11)10-14(15)12-7-3-2-4-8-12/h2-9,13H,10H2,1H3. The lowest BCUT2D eigenvalue weighted by Gasteiger charge is -2.08. The highest BCUT2D eigenvalue weighted by Gasteiger charge is 2.15. The Morgan fingerprint density at radius 1 is 1.27 bits per heavy atom. The molecule has 15 heavy (non-hydrogen) atoms. The maximum Gasteiger partial charge on any atom is 0.163 e. The number of hydrogen-bond donors (Lipinski definition) is 0. The lowest BCUT2D eigenvalue weighted by atomic mass is 9.95. The molecule has 1 aliphatic carbocycles. The second kappa shape index (κ2) is 4.26. The predicted octanol–water partition coefficient (Wildman–Crippen LogP) is 3.39. The fourth-order valence-electron chi connectivity index (χ4n) is 1.79. The van der Waals surface area contributed by atoms with Gasteiger partial charge in [0.1, 0.15) is 0 Å². The average Bonchev–Trinajstić information content (AvgIpc) is 2.66. The van der Waals surface area contributed by atoms with Crippen molar-refractivity contribution in [3.8, 4) is 0 Å². The number of allylic oxidation sites excluding steroid dienone is 4. The van der Waals surface area contributed by atoms with Crippen LogP contribution in [-0.2, 0) is 0 Å². The van der Waals surface area contributed by atoms with Gasteiger partial charge in [-0.2, -0.15) is 0 Å². The molecule has 1 atom stereocenters. The van der Waals surface area contributed by atoms with Gasteiger partial charge in [0.2, 0.25) is 0 Å². The third-order valence-electron chi connectivity index (χ3n) is 2.79. The van der Waals surface area contributed by atoms with Crippen LogP contribution in [0.2, 0.25) is 0 Å². The van der Waals surface area contributed by atoms with Gasteiger partial charge in [0.25, 0.3) is 0 Å². The van der Waals surface area contributed by atoms with Crippen molar-refractivity contribution >= 4 is 5.78 Å². The maximum absolute atomic E-state index is 11.9. The Bertz CT molecular complexity index is 412. The molecule has 1 aliphatic rings. The molecule has 0 N–H and O–H groups in total. The first-order valence-corrected chi connectivity index (χ1v) is 5.20. The first kappa shape index (κ1) is 9.91. The van der Waals surface area contributed by atoms with Crippen LogP contribution in [0.5, 0.6) is 0 Å². The topological polar surface area (TPSA) is 17.1 Å². The minimum Gasteiger partial charge on any atom is -0.294 e. The molecule has 1 unspecified atom stereocenters. The van der Waals surface area contributed by atoms with Gasteiger partial charge in [0, 0.05) is 17.9 Å². The first-order valence-electron chi connectivity index (χ1n) is 5.20. The summed E-state index contributed by atoms with van der Waals surface area (Å²) in [5.74, 6) is 0.526. The van der Waals surface area contributed by atoms with Crippen LogP contribution in [0.15, 0.2) is 54.1 Å². The van der Waals surface area contributed by atoms with Crippen LogP contribution in [0, 0.1) is 5.92 Å². The molecule has 76 valence electrons. The molecule has 0 heterocycles. The molecular weight excluding hydrogens is 184 g/mol. The minimum absolute atomic E-state index is 0.222. The molecule has 0 saturated carbocycles. The van der Waals surface area contributed by atoms with Crippen LogP contribution >= 0.6 is 0 Å². The van der Waals surface area contributed by atoms with Crippen LogP contribution < -0.4 is 0 Å². The second-order valence-electron chi connectivity index (χ2n) is 3.90. The summed E-state index contributed by atoms with van der Waals surface area (Å²) >= 11 is 0. The molecule has 2 rings (SSSR count). The van der Waals surface area contributed by atoms with E-state index in [1.165, 1.54) is 5.57 Å². The van der Waals surface area contributed by atoms with Gasteiger partial charge in [0.15, 0.2) is 5.78 Å². The number of ketones is 1. The summed E-state index contributed by atoms with van der Waals surface area (Å²) in [7, 11) is 0. The predicted molar refractivity (Wildman–Crippen MR) is 61.8 cm³/mol. The van der Waals surface area contributed by atoms with Gasteiger partial charge in [-0.15, -0.1) is 0 Å². The van der Waals surface area contributed by atoms with Crippen molar-refractivity contribution in [2.24, 2.45) is 5.92 Å². The Hall–Kier alpha value is -1.63. The molecule has 0 saturated heterocycles. The smallest absolute Gasteiger partial charge is 0.163 e. The van der Waals surface area contributed by atoms with E-state index in [0.717, 1.165) is 5.56 Å². The molecule has 0 fully saturated rings. The molecule has 0 radical (unpaired) electrons. The molecule has 0 aliphatic heterocycles. The SMILES string of the molecule is CC1=CC=CC1CC(=O)c1ccccc1. The van der Waals surface area contributed by atoms with Crippen LogP contribution in [0.25, 0.3) is 0 Å². The molecular formula is C14H14O. The molecule has 1 heteroatoms. The van der Waals surface area contributed by atoms with Crippen LogP contribution in [-0.4, -0.2) is 5.78 Å². The Labute approximate surface area is 90.1 Å². The zero-order valence-corrected chi connectivity index (χ0v) is 8.81. The normalized spacial score (nSPS) is 19.0. The summed E-state index contributed by atoms with van der Waals surface area (Å²) in [4.78, 5) is 11.9. The number of carbonyl (C=O) groups is 1. The highest BCUT2D eigenvalue weighted by atomic mass is 16.1. The van der Waals surface area contributed by atoms with Crippen molar-refractivity contribution in [2.45, 2.75) is 13.3 Å². The van der Waals surface area contributed by atoms with Gasteiger partial charge >= 0.3 is 0 Å². The third-order valence-corrected chi connectivity index (χ3v) is 2.79. The van der Waals surface area contributed by atoms with Gasteiger partial charge in [-0.1, -0.05) is 54.1 Å². The Balaban J connectivity index is 2.05. The van der Waals surface area contributed by atoms with E-state index in [-0.39, 0.29) is 5.78 Å². The lowest BCUT2D eigenvalue weighted by molar-refractivity contribution is 0.0974. The zero-order chi connectivity index (χ0) is 10.7. The molecule has 0 aromatic heterocycles. The summed E-state index contributed by atoms with van der Waals surface area (Å²) < 4.78 is 0. The number of benzene rings is 1. The molecule has 0 bridgehead atoms. The fourth-order valence-corrected chi connectivity index (χ4v) is 1.79. The van der Waals surface area contributed by atoms with E-state index < -0.39 is 0 Å². The van der Waals surface area contributed by atoms with Gasteiger partial charge in [0.05, 0.1) is 0 Å². The van der Waals surface area contributed by atoms with Crippen molar-refractivity contribution in [3.05, 3.63) is 59.7 Å². The quantitative estimate of drug-likeness (QED) is 0.680. The highest BCUT2D eigenvalue weighted by Crippen LogP contribution is 2.23. The van der Waals surface area contributed by atoms with Crippen molar-refractivity contribution in [2.75, 3.05) is 0 Å². The van der Waals surface area contributed by atoms with Crippen molar-refractivity contribution < 1.29 is 4.79 Å². The van der Waals surface area contributed by atoms with Gasteiger partial charge < -0.3 is 0 Å². The Morgan fingerprint density at radius 3 is 2.60 bits per heavy atom. The molecule has 0 amide bonds. The van der Waals surface area contributed by atoms with Crippen LogP contribution in [0.4, 0.5) is 0 Å². The number of Topliss-reactive ketones (excluding diaryl/α,β-unsaturated/α-hetero) is 1. The number of hydrogen-bond acceptors (Lipinski definition) is 1. The van der Waals surface area contributed by atoms with Crippen LogP contribution in [0.1, 0.15) is 23.7 Å². The average molecular weight is 198 g/mol. The number of rotatable bonds is 3.